The summed E-state index contributed by atoms with van der Waals surface area (Å²) in [6, 6.07) is 0.185. The van der Waals surface area contributed by atoms with Gasteiger partial charge in [0.25, 0.3) is 0 Å². The van der Waals surface area contributed by atoms with Gasteiger partial charge in [0.2, 0.25) is 5.91 Å². The van der Waals surface area contributed by atoms with Gasteiger partial charge in [-0.05, 0) is 25.7 Å². The van der Waals surface area contributed by atoms with Gasteiger partial charge in [0.15, 0.2) is 6.10 Å². The second-order valence-electron chi connectivity index (χ2n) is 5.17. The molecule has 0 spiro atoms. The van der Waals surface area contributed by atoms with Crippen molar-refractivity contribution in [3.05, 3.63) is 0 Å². The summed E-state index contributed by atoms with van der Waals surface area (Å²) in [6.45, 7) is 4.22. The fraction of sp³-hybridized carbons (Fsp3) is 0.857. The minimum absolute atomic E-state index is 0.154. The van der Waals surface area contributed by atoms with Gasteiger partial charge in [-0.25, -0.2) is 4.79 Å². The molecule has 0 bridgehead atoms. The lowest BCUT2D eigenvalue weighted by Gasteiger charge is -2.20. The molecule has 2 N–H and O–H groups in total. The van der Waals surface area contributed by atoms with Gasteiger partial charge >= 0.3 is 5.97 Å². The van der Waals surface area contributed by atoms with E-state index in [1.165, 1.54) is 0 Å². The maximum atomic E-state index is 12.0. The van der Waals surface area contributed by atoms with E-state index in [9.17, 15) is 9.59 Å². The van der Waals surface area contributed by atoms with Gasteiger partial charge in [0.05, 0.1) is 0 Å². The SMILES string of the molecule is CCCCC(CCC)NC(=O)C1CCC(C(=O)O)O1. The van der Waals surface area contributed by atoms with E-state index in [2.05, 4.69) is 19.2 Å². The van der Waals surface area contributed by atoms with Crippen LogP contribution in [-0.4, -0.2) is 35.2 Å². The second-order valence-corrected chi connectivity index (χ2v) is 5.17. The number of aliphatic carboxylic acids is 1. The van der Waals surface area contributed by atoms with E-state index in [0.29, 0.717) is 12.8 Å². The normalized spacial score (nSPS) is 24.1. The first-order valence-corrected chi connectivity index (χ1v) is 7.27. The van der Waals surface area contributed by atoms with Crippen molar-refractivity contribution in [2.24, 2.45) is 0 Å². The maximum absolute atomic E-state index is 12.0. The standard InChI is InChI=1S/C14H25NO4/c1-3-5-7-10(6-4-2)15-13(16)11-8-9-12(19-11)14(17)18/h10-12H,3-9H2,1-2H3,(H,15,16)(H,17,18). The van der Waals surface area contributed by atoms with Gasteiger partial charge in [0, 0.05) is 6.04 Å². The molecular weight excluding hydrogens is 246 g/mol. The smallest absolute Gasteiger partial charge is 0.332 e. The Morgan fingerprint density at radius 2 is 1.89 bits per heavy atom. The summed E-state index contributed by atoms with van der Waals surface area (Å²) in [7, 11) is 0. The highest BCUT2D eigenvalue weighted by atomic mass is 16.5. The number of hydrogen-bond donors (Lipinski definition) is 2. The first-order chi connectivity index (χ1) is 9.08. The molecule has 1 amide bonds. The van der Waals surface area contributed by atoms with Gasteiger partial charge in [-0.3, -0.25) is 4.79 Å². The molecular formula is C14H25NO4. The molecule has 1 rings (SSSR count). The summed E-state index contributed by atoms with van der Waals surface area (Å²) in [5, 5.41) is 11.8. The number of unbranched alkanes of at least 4 members (excludes halogenated alkanes) is 1. The lowest BCUT2D eigenvalue weighted by Crippen LogP contribution is -2.41. The van der Waals surface area contributed by atoms with Crippen LogP contribution in [0.25, 0.3) is 0 Å². The molecule has 3 unspecified atom stereocenters. The van der Waals surface area contributed by atoms with Crippen LogP contribution in [0.5, 0.6) is 0 Å². The molecule has 110 valence electrons. The van der Waals surface area contributed by atoms with Crippen LogP contribution in [0.1, 0.15) is 58.8 Å². The van der Waals surface area contributed by atoms with Crippen molar-refractivity contribution in [1.29, 1.82) is 0 Å². The molecule has 1 heterocycles. The Labute approximate surface area is 114 Å². The Hall–Kier alpha value is -1.10. The topological polar surface area (TPSA) is 75.6 Å². The number of hydrogen-bond acceptors (Lipinski definition) is 3. The van der Waals surface area contributed by atoms with Crippen LogP contribution in [0.2, 0.25) is 0 Å². The van der Waals surface area contributed by atoms with E-state index in [4.69, 9.17) is 9.84 Å². The third-order valence-electron chi connectivity index (χ3n) is 3.48. The Balaban J connectivity index is 2.41. The molecule has 0 aromatic heterocycles. The molecule has 0 aromatic carbocycles. The Kier molecular flexibility index (Phi) is 6.84. The zero-order valence-electron chi connectivity index (χ0n) is 11.9. The fourth-order valence-electron chi connectivity index (χ4n) is 2.39. The zero-order chi connectivity index (χ0) is 14.3. The van der Waals surface area contributed by atoms with Gasteiger partial charge in [0.1, 0.15) is 6.10 Å². The molecule has 0 aromatic rings. The number of carbonyl (C=O) groups is 2. The number of carbonyl (C=O) groups excluding carboxylic acids is 1. The molecule has 5 heteroatoms. The average molecular weight is 271 g/mol. The van der Waals surface area contributed by atoms with E-state index < -0.39 is 18.2 Å². The van der Waals surface area contributed by atoms with Gasteiger partial charge in [-0.15, -0.1) is 0 Å². The van der Waals surface area contributed by atoms with Crippen LogP contribution in [0, 0.1) is 0 Å². The molecule has 5 nitrogen and oxygen atoms in total. The summed E-state index contributed by atoms with van der Waals surface area (Å²) in [4.78, 5) is 22.8. The van der Waals surface area contributed by atoms with Crippen LogP contribution in [0.4, 0.5) is 0 Å². The summed E-state index contributed by atoms with van der Waals surface area (Å²) in [5.74, 6) is -1.13. The molecule has 1 aliphatic heterocycles. The van der Waals surface area contributed by atoms with E-state index in [-0.39, 0.29) is 11.9 Å². The minimum atomic E-state index is -0.980. The summed E-state index contributed by atoms with van der Waals surface area (Å²) in [6.07, 6.45) is 4.66. The molecule has 3 atom stereocenters. The monoisotopic (exact) mass is 271 g/mol. The van der Waals surface area contributed by atoms with Crippen LogP contribution in [0.15, 0.2) is 0 Å². The van der Waals surface area contributed by atoms with Crippen molar-refractivity contribution in [3.63, 3.8) is 0 Å². The van der Waals surface area contributed by atoms with E-state index in [1.807, 2.05) is 0 Å². The third kappa shape index (κ3) is 5.19. The van der Waals surface area contributed by atoms with Crippen molar-refractivity contribution in [1.82, 2.24) is 5.32 Å². The zero-order valence-corrected chi connectivity index (χ0v) is 11.9. The van der Waals surface area contributed by atoms with Gasteiger partial charge in [-0.2, -0.15) is 0 Å². The molecule has 19 heavy (non-hydrogen) atoms. The number of carboxylic acids is 1. The number of ether oxygens (including phenoxy) is 1. The minimum Gasteiger partial charge on any atom is -0.479 e. The Morgan fingerprint density at radius 1 is 1.21 bits per heavy atom. The number of carboxylic acid groups (broad SMARTS) is 1. The number of rotatable bonds is 8. The van der Waals surface area contributed by atoms with Crippen molar-refractivity contribution in [3.8, 4) is 0 Å². The van der Waals surface area contributed by atoms with Crippen molar-refractivity contribution < 1.29 is 19.4 Å². The fourth-order valence-corrected chi connectivity index (χ4v) is 2.39. The molecule has 1 aliphatic rings. The summed E-state index contributed by atoms with van der Waals surface area (Å²) in [5.41, 5.74) is 0. The predicted octanol–water partition coefficient (Wildman–Crippen LogP) is 2.09. The highest BCUT2D eigenvalue weighted by Crippen LogP contribution is 2.20. The van der Waals surface area contributed by atoms with Crippen LogP contribution in [0.3, 0.4) is 0 Å². The van der Waals surface area contributed by atoms with Crippen LogP contribution >= 0.6 is 0 Å². The van der Waals surface area contributed by atoms with Crippen molar-refractivity contribution >= 4 is 11.9 Å². The highest BCUT2D eigenvalue weighted by molar-refractivity contribution is 5.82. The maximum Gasteiger partial charge on any atom is 0.332 e. The second kappa shape index (κ2) is 8.15. The van der Waals surface area contributed by atoms with Crippen LogP contribution < -0.4 is 5.32 Å². The van der Waals surface area contributed by atoms with Gasteiger partial charge < -0.3 is 15.2 Å². The molecule has 1 saturated heterocycles. The summed E-state index contributed by atoms with van der Waals surface area (Å²) >= 11 is 0. The molecule has 0 saturated carbocycles. The van der Waals surface area contributed by atoms with Crippen LogP contribution in [-0.2, 0) is 14.3 Å². The van der Waals surface area contributed by atoms with E-state index in [1.54, 1.807) is 0 Å². The Morgan fingerprint density at radius 3 is 2.42 bits per heavy atom. The highest BCUT2D eigenvalue weighted by Gasteiger charge is 2.35. The van der Waals surface area contributed by atoms with E-state index >= 15 is 0 Å². The van der Waals surface area contributed by atoms with Crippen molar-refractivity contribution in [2.75, 3.05) is 0 Å². The number of nitrogens with one attached hydrogen (secondary N) is 1. The lowest BCUT2D eigenvalue weighted by molar-refractivity contribution is -0.151. The van der Waals surface area contributed by atoms with Gasteiger partial charge in [-0.1, -0.05) is 33.1 Å². The quantitative estimate of drug-likeness (QED) is 0.709. The average Bonchev–Trinajstić information content (AvgIpc) is 2.86. The largest absolute Gasteiger partial charge is 0.479 e. The third-order valence-corrected chi connectivity index (χ3v) is 3.48. The Bertz CT molecular complexity index is 306. The first kappa shape index (κ1) is 16.0. The lowest BCUT2D eigenvalue weighted by atomic mass is 10.0. The van der Waals surface area contributed by atoms with E-state index in [0.717, 1.165) is 32.1 Å². The molecule has 1 fully saturated rings. The predicted molar refractivity (Wildman–Crippen MR) is 71.9 cm³/mol. The molecule has 0 aliphatic carbocycles. The summed E-state index contributed by atoms with van der Waals surface area (Å²) < 4.78 is 5.26. The first-order valence-electron chi connectivity index (χ1n) is 7.27. The number of amides is 1. The molecule has 0 radical (unpaired) electrons. The van der Waals surface area contributed by atoms with Crippen molar-refractivity contribution in [2.45, 2.75) is 77.0 Å².